The second-order valence-electron chi connectivity index (χ2n) is 4.75. The molecule has 0 radical (unpaired) electrons. The van der Waals surface area contributed by atoms with E-state index in [4.69, 9.17) is 11.6 Å². The molecule has 0 aromatic heterocycles. The minimum Gasteiger partial charge on any atom is -0.208 e. The molecule has 1 atom stereocenters. The third-order valence-corrected chi connectivity index (χ3v) is 4.77. The first-order valence-electron chi connectivity index (χ1n) is 6.67. The molecule has 19 heavy (non-hydrogen) atoms. The van der Waals surface area contributed by atoms with Crippen molar-refractivity contribution in [2.24, 2.45) is 0 Å². The molecule has 1 N–H and O–H groups in total. The SMILES string of the molecule is CCCc1ccc(S(=O)(=O)NC(C)CCCCl)cc1. The van der Waals surface area contributed by atoms with Gasteiger partial charge < -0.3 is 0 Å². The number of hydrogen-bond donors (Lipinski definition) is 1. The number of alkyl halides is 1. The van der Waals surface area contributed by atoms with Gasteiger partial charge in [0.2, 0.25) is 10.0 Å². The van der Waals surface area contributed by atoms with E-state index in [9.17, 15) is 8.42 Å². The van der Waals surface area contributed by atoms with Gasteiger partial charge in [0.05, 0.1) is 4.90 Å². The Bertz CT molecular complexity index is 471. The lowest BCUT2D eigenvalue weighted by Gasteiger charge is -2.13. The number of sulfonamides is 1. The molecule has 0 bridgehead atoms. The van der Waals surface area contributed by atoms with Crippen molar-refractivity contribution in [3.63, 3.8) is 0 Å². The minimum absolute atomic E-state index is 0.0981. The van der Waals surface area contributed by atoms with Crippen LogP contribution in [-0.2, 0) is 16.4 Å². The van der Waals surface area contributed by atoms with E-state index in [2.05, 4.69) is 11.6 Å². The minimum atomic E-state index is -3.41. The molecule has 0 aliphatic heterocycles. The zero-order valence-electron chi connectivity index (χ0n) is 11.5. The predicted molar refractivity (Wildman–Crippen MR) is 80.2 cm³/mol. The van der Waals surface area contributed by atoms with Crippen molar-refractivity contribution in [2.45, 2.75) is 50.5 Å². The van der Waals surface area contributed by atoms with E-state index < -0.39 is 10.0 Å². The van der Waals surface area contributed by atoms with Gasteiger partial charge in [-0.3, -0.25) is 0 Å². The van der Waals surface area contributed by atoms with Crippen LogP contribution in [0.1, 0.15) is 38.7 Å². The van der Waals surface area contributed by atoms with Crippen molar-refractivity contribution in [1.29, 1.82) is 0 Å². The smallest absolute Gasteiger partial charge is 0.208 e. The number of rotatable bonds is 8. The van der Waals surface area contributed by atoms with Crippen LogP contribution in [-0.4, -0.2) is 20.3 Å². The van der Waals surface area contributed by atoms with Crippen molar-refractivity contribution in [1.82, 2.24) is 4.72 Å². The summed E-state index contributed by atoms with van der Waals surface area (Å²) in [6.07, 6.45) is 3.58. The normalized spacial score (nSPS) is 13.4. The molecule has 0 fully saturated rings. The lowest BCUT2D eigenvalue weighted by molar-refractivity contribution is 0.544. The van der Waals surface area contributed by atoms with Crippen LogP contribution in [0.4, 0.5) is 0 Å². The zero-order valence-corrected chi connectivity index (χ0v) is 13.1. The number of nitrogens with one attached hydrogen (secondary N) is 1. The Morgan fingerprint density at radius 2 is 1.89 bits per heavy atom. The van der Waals surface area contributed by atoms with E-state index >= 15 is 0 Å². The highest BCUT2D eigenvalue weighted by Crippen LogP contribution is 2.13. The summed E-state index contributed by atoms with van der Waals surface area (Å²) in [5.41, 5.74) is 1.16. The van der Waals surface area contributed by atoms with Crippen LogP contribution in [0.25, 0.3) is 0 Å². The van der Waals surface area contributed by atoms with Gasteiger partial charge in [-0.05, 0) is 43.9 Å². The fourth-order valence-corrected chi connectivity index (χ4v) is 3.33. The van der Waals surface area contributed by atoms with Crippen molar-refractivity contribution in [3.05, 3.63) is 29.8 Å². The zero-order chi connectivity index (χ0) is 14.3. The molecule has 1 aromatic rings. The molecule has 1 unspecified atom stereocenters. The molecule has 0 saturated heterocycles. The van der Waals surface area contributed by atoms with E-state index in [0.29, 0.717) is 10.8 Å². The highest BCUT2D eigenvalue weighted by Gasteiger charge is 2.16. The molecule has 0 saturated carbocycles. The van der Waals surface area contributed by atoms with Crippen LogP contribution >= 0.6 is 11.6 Å². The van der Waals surface area contributed by atoms with Gasteiger partial charge >= 0.3 is 0 Å². The summed E-state index contributed by atoms with van der Waals surface area (Å²) in [5, 5.41) is 0. The average molecular weight is 304 g/mol. The van der Waals surface area contributed by atoms with Crippen LogP contribution < -0.4 is 4.72 Å². The average Bonchev–Trinajstić information content (AvgIpc) is 2.37. The molecule has 3 nitrogen and oxygen atoms in total. The summed E-state index contributed by atoms with van der Waals surface area (Å²) in [4.78, 5) is 0.324. The van der Waals surface area contributed by atoms with Crippen LogP contribution in [0.15, 0.2) is 29.2 Å². The first kappa shape index (κ1) is 16.5. The van der Waals surface area contributed by atoms with Crippen LogP contribution in [0.5, 0.6) is 0 Å². The topological polar surface area (TPSA) is 46.2 Å². The molecule has 0 aliphatic rings. The maximum atomic E-state index is 12.1. The van der Waals surface area contributed by atoms with Crippen LogP contribution in [0, 0.1) is 0 Å². The quantitative estimate of drug-likeness (QED) is 0.749. The van der Waals surface area contributed by atoms with Crippen LogP contribution in [0.3, 0.4) is 0 Å². The van der Waals surface area contributed by atoms with Gasteiger partial charge in [0.25, 0.3) is 0 Å². The highest BCUT2D eigenvalue weighted by molar-refractivity contribution is 7.89. The Balaban J connectivity index is 2.71. The maximum Gasteiger partial charge on any atom is 0.240 e. The van der Waals surface area contributed by atoms with Gasteiger partial charge in [-0.15, -0.1) is 11.6 Å². The molecule has 0 aliphatic carbocycles. The van der Waals surface area contributed by atoms with Gasteiger partial charge in [-0.25, -0.2) is 13.1 Å². The molecule has 0 spiro atoms. The van der Waals surface area contributed by atoms with Gasteiger partial charge in [-0.2, -0.15) is 0 Å². The molecular weight excluding hydrogens is 282 g/mol. The maximum absolute atomic E-state index is 12.1. The number of halogens is 1. The molecule has 5 heteroatoms. The molecule has 1 aromatic carbocycles. The van der Waals surface area contributed by atoms with Gasteiger partial charge in [0, 0.05) is 11.9 Å². The number of benzene rings is 1. The van der Waals surface area contributed by atoms with E-state index in [1.165, 1.54) is 0 Å². The van der Waals surface area contributed by atoms with Gasteiger partial charge in [-0.1, -0.05) is 25.5 Å². The summed E-state index contributed by atoms with van der Waals surface area (Å²) in [7, 11) is -3.41. The Morgan fingerprint density at radius 1 is 1.26 bits per heavy atom. The molecule has 0 heterocycles. The second kappa shape index (κ2) is 7.88. The standard InChI is InChI=1S/C14H22ClNO2S/c1-3-5-13-7-9-14(10-8-13)19(17,18)16-12(2)6-4-11-15/h7-10,12,16H,3-6,11H2,1-2H3. The number of hydrogen-bond acceptors (Lipinski definition) is 2. The molecular formula is C14H22ClNO2S. The van der Waals surface area contributed by atoms with Crippen LogP contribution in [0.2, 0.25) is 0 Å². The summed E-state index contributed by atoms with van der Waals surface area (Å²) < 4.78 is 26.9. The Morgan fingerprint density at radius 3 is 2.42 bits per heavy atom. The van der Waals surface area contributed by atoms with Crippen molar-refractivity contribution >= 4 is 21.6 Å². The van der Waals surface area contributed by atoms with Gasteiger partial charge in [0.1, 0.15) is 0 Å². The van der Waals surface area contributed by atoms with E-state index in [1.54, 1.807) is 12.1 Å². The lowest BCUT2D eigenvalue weighted by Crippen LogP contribution is -2.32. The predicted octanol–water partition coefficient (Wildman–Crippen LogP) is 3.32. The lowest BCUT2D eigenvalue weighted by atomic mass is 10.1. The molecule has 0 amide bonds. The number of aryl methyl sites for hydroxylation is 1. The molecule has 1 rings (SSSR count). The third-order valence-electron chi connectivity index (χ3n) is 2.90. The summed E-state index contributed by atoms with van der Waals surface area (Å²) >= 11 is 5.60. The summed E-state index contributed by atoms with van der Waals surface area (Å²) in [6, 6.07) is 6.99. The fraction of sp³-hybridized carbons (Fsp3) is 0.571. The Kier molecular flexibility index (Phi) is 6.83. The first-order chi connectivity index (χ1) is 8.99. The molecule has 108 valence electrons. The van der Waals surface area contributed by atoms with E-state index in [0.717, 1.165) is 31.2 Å². The monoisotopic (exact) mass is 303 g/mol. The van der Waals surface area contributed by atoms with Crippen molar-refractivity contribution in [3.8, 4) is 0 Å². The van der Waals surface area contributed by atoms with Crippen molar-refractivity contribution in [2.75, 3.05) is 5.88 Å². The summed E-state index contributed by atoms with van der Waals surface area (Å²) in [6.45, 7) is 3.96. The second-order valence-corrected chi connectivity index (χ2v) is 6.84. The van der Waals surface area contributed by atoms with Crippen molar-refractivity contribution < 1.29 is 8.42 Å². The van der Waals surface area contributed by atoms with Gasteiger partial charge in [0.15, 0.2) is 0 Å². The fourth-order valence-electron chi connectivity index (χ4n) is 1.90. The van der Waals surface area contributed by atoms with E-state index in [-0.39, 0.29) is 6.04 Å². The van der Waals surface area contributed by atoms with E-state index in [1.807, 2.05) is 19.1 Å². The third kappa shape index (κ3) is 5.51. The Hall–Kier alpha value is -0.580. The Labute approximate surface area is 121 Å². The largest absolute Gasteiger partial charge is 0.240 e. The highest BCUT2D eigenvalue weighted by atomic mass is 35.5. The summed E-state index contributed by atoms with van der Waals surface area (Å²) in [5.74, 6) is 0.553. The first-order valence-corrected chi connectivity index (χ1v) is 8.68.